The molecule has 0 heterocycles. The van der Waals surface area contributed by atoms with Crippen LogP contribution < -0.4 is 10.6 Å². The highest BCUT2D eigenvalue weighted by Gasteiger charge is 2.39. The zero-order valence-electron chi connectivity index (χ0n) is 18.4. The molecule has 0 aliphatic carbocycles. The molecule has 2 nitrogen and oxygen atoms in total. The first kappa shape index (κ1) is 23.9. The molecule has 0 saturated heterocycles. The second kappa shape index (κ2) is 10.8. The molecule has 1 atom stereocenters. The number of rotatable bonds is 12. The van der Waals surface area contributed by atoms with Crippen molar-refractivity contribution in [1.29, 1.82) is 0 Å². The van der Waals surface area contributed by atoms with E-state index in [0.29, 0.717) is 6.04 Å². The fourth-order valence-corrected chi connectivity index (χ4v) is 3.89. The van der Waals surface area contributed by atoms with Crippen molar-refractivity contribution in [3.63, 3.8) is 0 Å². The van der Waals surface area contributed by atoms with Gasteiger partial charge in [-0.2, -0.15) is 0 Å². The Morgan fingerprint density at radius 1 is 0.667 bits per heavy atom. The Labute approximate surface area is 154 Å². The van der Waals surface area contributed by atoms with Crippen LogP contribution in [0.25, 0.3) is 0 Å². The first-order chi connectivity index (χ1) is 11.0. The van der Waals surface area contributed by atoms with Crippen LogP contribution in [0.4, 0.5) is 0 Å². The summed E-state index contributed by atoms with van der Waals surface area (Å²) in [6.45, 7) is 20.8. The van der Waals surface area contributed by atoms with Crippen LogP contribution >= 0.6 is 0 Å². The van der Waals surface area contributed by atoms with Crippen molar-refractivity contribution in [2.45, 2.75) is 143 Å². The molecular formula is C22H48N2. The maximum atomic E-state index is 3.99. The second-order valence-corrected chi connectivity index (χ2v) is 9.74. The van der Waals surface area contributed by atoms with Crippen LogP contribution in [0.5, 0.6) is 0 Å². The quantitative estimate of drug-likeness (QED) is 0.399. The molecule has 24 heavy (non-hydrogen) atoms. The van der Waals surface area contributed by atoms with E-state index in [1.165, 1.54) is 57.8 Å². The minimum atomic E-state index is 0.144. The Balaban J connectivity index is 4.98. The van der Waals surface area contributed by atoms with Crippen LogP contribution in [0.3, 0.4) is 0 Å². The van der Waals surface area contributed by atoms with Crippen molar-refractivity contribution in [2.24, 2.45) is 0 Å². The summed E-state index contributed by atoms with van der Waals surface area (Å²) in [5, 5.41) is 7.95. The molecule has 2 heteroatoms. The van der Waals surface area contributed by atoms with E-state index in [4.69, 9.17) is 0 Å². The van der Waals surface area contributed by atoms with Gasteiger partial charge in [-0.25, -0.2) is 0 Å². The molecule has 0 radical (unpaired) electrons. The Morgan fingerprint density at radius 3 is 1.58 bits per heavy atom. The molecule has 0 amide bonds. The fourth-order valence-electron chi connectivity index (χ4n) is 3.89. The molecule has 2 N–H and O–H groups in total. The van der Waals surface area contributed by atoms with E-state index in [-0.39, 0.29) is 16.6 Å². The lowest BCUT2D eigenvalue weighted by atomic mass is 9.78. The Kier molecular flexibility index (Phi) is 10.8. The minimum absolute atomic E-state index is 0.144. The lowest BCUT2D eigenvalue weighted by molar-refractivity contribution is 0.137. The maximum Gasteiger partial charge on any atom is 0.0334 e. The van der Waals surface area contributed by atoms with E-state index in [2.05, 4.69) is 72.9 Å². The highest BCUT2D eigenvalue weighted by molar-refractivity contribution is 5.02. The molecule has 0 spiro atoms. The van der Waals surface area contributed by atoms with E-state index in [1.54, 1.807) is 0 Å². The standard InChI is InChI=1S/C22H48N2/c1-10-13-14-15-16-17-18-19(23-20(4,5)6)22(11-2,12-3)24-21(7,8)9/h19,23-24H,10-18H2,1-9H3. The Morgan fingerprint density at radius 2 is 1.17 bits per heavy atom. The fraction of sp³-hybridized carbons (Fsp3) is 1.00. The molecule has 0 aliphatic heterocycles. The van der Waals surface area contributed by atoms with E-state index < -0.39 is 0 Å². The third-order valence-electron chi connectivity index (χ3n) is 5.01. The summed E-state index contributed by atoms with van der Waals surface area (Å²) in [5.41, 5.74) is 0.474. The van der Waals surface area contributed by atoms with Gasteiger partial charge in [-0.15, -0.1) is 0 Å². The van der Waals surface area contributed by atoms with Gasteiger partial charge in [0.1, 0.15) is 0 Å². The van der Waals surface area contributed by atoms with Gasteiger partial charge in [0.25, 0.3) is 0 Å². The lowest BCUT2D eigenvalue weighted by Crippen LogP contribution is -2.66. The van der Waals surface area contributed by atoms with Crippen molar-refractivity contribution < 1.29 is 0 Å². The summed E-state index contributed by atoms with van der Waals surface area (Å²) in [7, 11) is 0. The summed E-state index contributed by atoms with van der Waals surface area (Å²) >= 11 is 0. The third kappa shape index (κ3) is 10.0. The molecule has 0 aromatic carbocycles. The summed E-state index contributed by atoms with van der Waals surface area (Å²) in [6.07, 6.45) is 11.9. The van der Waals surface area contributed by atoms with Gasteiger partial charge in [-0.05, 0) is 60.8 Å². The molecule has 0 aromatic rings. The van der Waals surface area contributed by atoms with Crippen LogP contribution in [-0.4, -0.2) is 22.7 Å². The van der Waals surface area contributed by atoms with Crippen molar-refractivity contribution in [1.82, 2.24) is 10.6 Å². The van der Waals surface area contributed by atoms with Gasteiger partial charge >= 0.3 is 0 Å². The van der Waals surface area contributed by atoms with Crippen molar-refractivity contribution in [2.75, 3.05) is 0 Å². The van der Waals surface area contributed by atoms with Crippen molar-refractivity contribution >= 4 is 0 Å². The smallest absolute Gasteiger partial charge is 0.0334 e. The van der Waals surface area contributed by atoms with Crippen LogP contribution in [0.2, 0.25) is 0 Å². The zero-order valence-corrected chi connectivity index (χ0v) is 18.4. The molecular weight excluding hydrogens is 292 g/mol. The van der Waals surface area contributed by atoms with Gasteiger partial charge < -0.3 is 10.6 Å². The molecule has 0 aromatic heterocycles. The van der Waals surface area contributed by atoms with Gasteiger partial charge in [-0.3, -0.25) is 0 Å². The number of nitrogens with one attached hydrogen (secondary N) is 2. The van der Waals surface area contributed by atoms with Crippen LogP contribution in [0.15, 0.2) is 0 Å². The van der Waals surface area contributed by atoms with E-state index in [1.807, 2.05) is 0 Å². The first-order valence-corrected chi connectivity index (χ1v) is 10.6. The zero-order chi connectivity index (χ0) is 18.9. The largest absolute Gasteiger partial charge is 0.307 e. The monoisotopic (exact) mass is 340 g/mol. The van der Waals surface area contributed by atoms with Crippen LogP contribution in [-0.2, 0) is 0 Å². The van der Waals surface area contributed by atoms with Gasteiger partial charge in [0.15, 0.2) is 0 Å². The van der Waals surface area contributed by atoms with Gasteiger partial charge in [0.05, 0.1) is 0 Å². The lowest BCUT2D eigenvalue weighted by Gasteiger charge is -2.48. The first-order valence-electron chi connectivity index (χ1n) is 10.6. The minimum Gasteiger partial charge on any atom is -0.307 e. The molecule has 0 bridgehead atoms. The van der Waals surface area contributed by atoms with Crippen LogP contribution in [0, 0.1) is 0 Å². The Bertz CT molecular complexity index is 305. The van der Waals surface area contributed by atoms with Crippen molar-refractivity contribution in [3.8, 4) is 0 Å². The van der Waals surface area contributed by atoms with Gasteiger partial charge in [0.2, 0.25) is 0 Å². The van der Waals surface area contributed by atoms with E-state index in [9.17, 15) is 0 Å². The summed E-state index contributed by atoms with van der Waals surface area (Å²) < 4.78 is 0. The van der Waals surface area contributed by atoms with E-state index >= 15 is 0 Å². The molecule has 0 fully saturated rings. The van der Waals surface area contributed by atoms with Crippen LogP contribution in [0.1, 0.15) is 120 Å². The number of hydrogen-bond donors (Lipinski definition) is 2. The molecule has 0 saturated carbocycles. The average molecular weight is 341 g/mol. The predicted molar refractivity (Wildman–Crippen MR) is 111 cm³/mol. The van der Waals surface area contributed by atoms with E-state index in [0.717, 1.165) is 0 Å². The molecule has 146 valence electrons. The normalized spacial score (nSPS) is 14.9. The topological polar surface area (TPSA) is 24.1 Å². The molecule has 1 unspecified atom stereocenters. The van der Waals surface area contributed by atoms with Gasteiger partial charge in [-0.1, -0.05) is 59.3 Å². The highest BCUT2D eigenvalue weighted by Crippen LogP contribution is 2.28. The maximum absolute atomic E-state index is 3.99. The SMILES string of the molecule is CCCCCCCCC(NC(C)(C)C)C(CC)(CC)NC(C)(C)C. The summed E-state index contributed by atoms with van der Waals surface area (Å²) in [4.78, 5) is 0. The predicted octanol–water partition coefficient (Wildman–Crippen LogP) is 6.44. The molecule has 0 rings (SSSR count). The van der Waals surface area contributed by atoms with Gasteiger partial charge in [0, 0.05) is 22.7 Å². The third-order valence-corrected chi connectivity index (χ3v) is 5.01. The second-order valence-electron chi connectivity index (χ2n) is 9.74. The number of hydrogen-bond acceptors (Lipinski definition) is 2. The Hall–Kier alpha value is -0.0800. The molecule has 0 aliphatic rings. The van der Waals surface area contributed by atoms with Crippen molar-refractivity contribution in [3.05, 3.63) is 0 Å². The number of unbranched alkanes of at least 4 members (excludes halogenated alkanes) is 5. The average Bonchev–Trinajstić information content (AvgIpc) is 2.45. The summed E-state index contributed by atoms with van der Waals surface area (Å²) in [5.74, 6) is 0. The highest BCUT2D eigenvalue weighted by atomic mass is 15.1. The summed E-state index contributed by atoms with van der Waals surface area (Å²) in [6, 6.07) is 0.526.